The lowest BCUT2D eigenvalue weighted by Gasteiger charge is -2.37. The molecule has 1 amide bonds. The average molecular weight is 261 g/mol. The molecule has 2 saturated carbocycles. The predicted octanol–water partition coefficient (Wildman–Crippen LogP) is 0.137. The fourth-order valence-corrected chi connectivity index (χ4v) is 4.17. The normalized spacial score (nSPS) is 38.4. The first-order chi connectivity index (χ1) is 9.20. The van der Waals surface area contributed by atoms with Gasteiger partial charge in [0.15, 0.2) is 0 Å². The standard InChI is InChI=1S/C15H23N3O/c1-2-5-17-6-8-18(9-7-17)15(19)13-11-3-4-12(10-11)14(13)16/h1,11-14H,3-10,16H2. The smallest absolute Gasteiger partial charge is 0.227 e. The molecule has 0 radical (unpaired) electrons. The van der Waals surface area contributed by atoms with Gasteiger partial charge >= 0.3 is 0 Å². The number of nitrogens with two attached hydrogens (primary N) is 1. The molecule has 3 fully saturated rings. The Morgan fingerprint density at radius 2 is 1.89 bits per heavy atom. The Bertz CT molecular complexity index is 393. The first-order valence-electron chi connectivity index (χ1n) is 7.41. The Kier molecular flexibility index (Phi) is 3.51. The van der Waals surface area contributed by atoms with Crippen molar-refractivity contribution in [1.82, 2.24) is 9.80 Å². The van der Waals surface area contributed by atoms with Crippen molar-refractivity contribution in [3.05, 3.63) is 0 Å². The van der Waals surface area contributed by atoms with E-state index in [1.165, 1.54) is 19.3 Å². The average Bonchev–Trinajstić information content (AvgIpc) is 3.00. The zero-order valence-corrected chi connectivity index (χ0v) is 11.4. The van der Waals surface area contributed by atoms with Gasteiger partial charge in [0, 0.05) is 32.2 Å². The summed E-state index contributed by atoms with van der Waals surface area (Å²) < 4.78 is 0. The van der Waals surface area contributed by atoms with Gasteiger partial charge in [-0.2, -0.15) is 0 Å². The molecule has 2 aliphatic carbocycles. The highest BCUT2D eigenvalue weighted by molar-refractivity contribution is 5.80. The fourth-order valence-electron chi connectivity index (χ4n) is 4.17. The fraction of sp³-hybridized carbons (Fsp3) is 0.800. The molecule has 0 spiro atoms. The van der Waals surface area contributed by atoms with Crippen molar-refractivity contribution in [2.24, 2.45) is 23.5 Å². The lowest BCUT2D eigenvalue weighted by molar-refractivity contribution is -0.139. The van der Waals surface area contributed by atoms with Crippen LogP contribution in [0.15, 0.2) is 0 Å². The number of carbonyl (C=O) groups excluding carboxylic acids is 1. The number of hydrogen-bond donors (Lipinski definition) is 1. The van der Waals surface area contributed by atoms with Crippen molar-refractivity contribution < 1.29 is 4.79 Å². The largest absolute Gasteiger partial charge is 0.340 e. The Hall–Kier alpha value is -1.05. The minimum Gasteiger partial charge on any atom is -0.340 e. The van der Waals surface area contributed by atoms with Gasteiger partial charge in [-0.1, -0.05) is 5.92 Å². The van der Waals surface area contributed by atoms with Crippen LogP contribution in [0.3, 0.4) is 0 Å². The second-order valence-electron chi connectivity index (χ2n) is 6.24. The maximum Gasteiger partial charge on any atom is 0.227 e. The molecule has 3 aliphatic rings. The Morgan fingerprint density at radius 1 is 1.21 bits per heavy atom. The highest BCUT2D eigenvalue weighted by Crippen LogP contribution is 2.48. The third kappa shape index (κ3) is 2.26. The van der Waals surface area contributed by atoms with Crippen molar-refractivity contribution >= 4 is 5.91 Å². The molecule has 0 aromatic carbocycles. The molecule has 4 nitrogen and oxygen atoms in total. The summed E-state index contributed by atoms with van der Waals surface area (Å²) in [5.74, 6) is 4.22. The molecule has 0 aromatic heterocycles. The lowest BCUT2D eigenvalue weighted by atomic mass is 9.84. The maximum atomic E-state index is 12.7. The molecule has 0 aromatic rings. The van der Waals surface area contributed by atoms with E-state index >= 15 is 0 Å². The summed E-state index contributed by atoms with van der Waals surface area (Å²) in [5.41, 5.74) is 6.26. The number of amides is 1. The van der Waals surface area contributed by atoms with Crippen molar-refractivity contribution in [2.45, 2.75) is 25.3 Å². The third-order valence-electron chi connectivity index (χ3n) is 5.26. The van der Waals surface area contributed by atoms with Gasteiger partial charge in [0.25, 0.3) is 0 Å². The van der Waals surface area contributed by atoms with E-state index in [-0.39, 0.29) is 12.0 Å². The summed E-state index contributed by atoms with van der Waals surface area (Å²) in [5, 5.41) is 0. The number of fused-ring (bicyclic) bond motifs is 2. The molecule has 104 valence electrons. The molecule has 1 heterocycles. The second-order valence-corrected chi connectivity index (χ2v) is 6.24. The van der Waals surface area contributed by atoms with Crippen LogP contribution in [0.25, 0.3) is 0 Å². The molecule has 1 aliphatic heterocycles. The Labute approximate surface area is 115 Å². The van der Waals surface area contributed by atoms with E-state index in [4.69, 9.17) is 12.2 Å². The molecule has 4 heteroatoms. The van der Waals surface area contributed by atoms with Gasteiger partial charge in [-0.25, -0.2) is 0 Å². The van der Waals surface area contributed by atoms with Crippen LogP contribution < -0.4 is 5.73 Å². The second kappa shape index (κ2) is 5.15. The van der Waals surface area contributed by atoms with Crippen LogP contribution >= 0.6 is 0 Å². The lowest BCUT2D eigenvalue weighted by Crippen LogP contribution is -2.53. The van der Waals surface area contributed by atoms with Crippen molar-refractivity contribution in [3.63, 3.8) is 0 Å². The summed E-state index contributed by atoms with van der Waals surface area (Å²) in [6, 6.07) is 0.106. The van der Waals surface area contributed by atoms with Gasteiger partial charge in [0.2, 0.25) is 5.91 Å². The van der Waals surface area contributed by atoms with Gasteiger partial charge in [-0.05, 0) is 31.1 Å². The predicted molar refractivity (Wildman–Crippen MR) is 74.1 cm³/mol. The van der Waals surface area contributed by atoms with E-state index in [1.807, 2.05) is 4.90 Å². The molecule has 19 heavy (non-hydrogen) atoms. The van der Waals surface area contributed by atoms with Gasteiger partial charge in [-0.3, -0.25) is 9.69 Å². The molecule has 2 bridgehead atoms. The summed E-state index contributed by atoms with van der Waals surface area (Å²) >= 11 is 0. The van der Waals surface area contributed by atoms with Crippen LogP contribution in [-0.4, -0.2) is 54.5 Å². The van der Waals surface area contributed by atoms with Crippen LogP contribution in [0, 0.1) is 30.1 Å². The zero-order chi connectivity index (χ0) is 13.4. The molecule has 3 rings (SSSR count). The minimum absolute atomic E-state index is 0.0953. The SMILES string of the molecule is C#CCN1CCN(C(=O)C2C3CCC(C3)C2N)CC1. The summed E-state index contributed by atoms with van der Waals surface area (Å²) in [6.45, 7) is 4.09. The number of rotatable bonds is 2. The summed E-state index contributed by atoms with van der Waals surface area (Å²) in [6.07, 6.45) is 8.93. The van der Waals surface area contributed by atoms with E-state index in [9.17, 15) is 4.79 Å². The number of carbonyl (C=O) groups is 1. The summed E-state index contributed by atoms with van der Waals surface area (Å²) in [7, 11) is 0. The molecule has 2 N–H and O–H groups in total. The summed E-state index contributed by atoms with van der Waals surface area (Å²) in [4.78, 5) is 16.9. The topological polar surface area (TPSA) is 49.6 Å². The molecular weight excluding hydrogens is 238 g/mol. The zero-order valence-electron chi connectivity index (χ0n) is 11.4. The third-order valence-corrected chi connectivity index (χ3v) is 5.26. The van der Waals surface area contributed by atoms with Crippen molar-refractivity contribution in [1.29, 1.82) is 0 Å². The van der Waals surface area contributed by atoms with E-state index < -0.39 is 0 Å². The first-order valence-corrected chi connectivity index (χ1v) is 7.41. The van der Waals surface area contributed by atoms with E-state index in [0.717, 1.165) is 26.2 Å². The highest BCUT2D eigenvalue weighted by atomic mass is 16.2. The van der Waals surface area contributed by atoms with Gasteiger partial charge in [0.1, 0.15) is 0 Å². The van der Waals surface area contributed by atoms with Crippen LogP contribution in [0.2, 0.25) is 0 Å². The van der Waals surface area contributed by atoms with E-state index in [0.29, 0.717) is 24.3 Å². The van der Waals surface area contributed by atoms with Crippen molar-refractivity contribution in [3.8, 4) is 12.3 Å². The Balaban J connectivity index is 1.59. The highest BCUT2D eigenvalue weighted by Gasteiger charge is 2.50. The maximum absolute atomic E-state index is 12.7. The van der Waals surface area contributed by atoms with Gasteiger partial charge < -0.3 is 10.6 Å². The number of terminal acetylenes is 1. The van der Waals surface area contributed by atoms with Gasteiger partial charge in [0.05, 0.1) is 12.5 Å². The van der Waals surface area contributed by atoms with Crippen LogP contribution in [-0.2, 0) is 4.79 Å². The molecular formula is C15H23N3O. The van der Waals surface area contributed by atoms with Crippen LogP contribution in [0.5, 0.6) is 0 Å². The minimum atomic E-state index is 0.0953. The molecule has 1 saturated heterocycles. The monoisotopic (exact) mass is 261 g/mol. The van der Waals surface area contributed by atoms with E-state index in [1.54, 1.807) is 0 Å². The number of hydrogen-bond acceptors (Lipinski definition) is 3. The first kappa shape index (κ1) is 13.0. The Morgan fingerprint density at radius 3 is 2.47 bits per heavy atom. The van der Waals surface area contributed by atoms with Crippen molar-refractivity contribution in [2.75, 3.05) is 32.7 Å². The number of piperazine rings is 1. The van der Waals surface area contributed by atoms with Crippen LogP contribution in [0.4, 0.5) is 0 Å². The number of nitrogens with zero attached hydrogens (tertiary/aromatic N) is 2. The van der Waals surface area contributed by atoms with E-state index in [2.05, 4.69) is 10.8 Å². The molecule has 4 unspecified atom stereocenters. The quantitative estimate of drug-likeness (QED) is 0.719. The molecule has 4 atom stereocenters. The van der Waals surface area contributed by atoms with Crippen LogP contribution in [0.1, 0.15) is 19.3 Å². The van der Waals surface area contributed by atoms with Gasteiger partial charge in [-0.15, -0.1) is 6.42 Å².